The summed E-state index contributed by atoms with van der Waals surface area (Å²) in [6.45, 7) is 8.26. The van der Waals surface area contributed by atoms with Crippen molar-refractivity contribution in [2.45, 2.75) is 46.6 Å². The molecule has 17 heavy (non-hydrogen) atoms. The van der Waals surface area contributed by atoms with E-state index in [0.717, 1.165) is 18.6 Å². The Morgan fingerprint density at radius 2 is 1.88 bits per heavy atom. The second kappa shape index (κ2) is 6.06. The second-order valence-electron chi connectivity index (χ2n) is 5.05. The highest BCUT2D eigenvalue weighted by atomic mass is 16.5. The SMILES string of the molecule is COc1c(CCC(O)C(C)C)ccc(C)c1C. The van der Waals surface area contributed by atoms with Gasteiger partial charge in [0.2, 0.25) is 0 Å². The van der Waals surface area contributed by atoms with Gasteiger partial charge in [-0.1, -0.05) is 26.0 Å². The van der Waals surface area contributed by atoms with Gasteiger partial charge in [0.25, 0.3) is 0 Å². The summed E-state index contributed by atoms with van der Waals surface area (Å²) in [6.07, 6.45) is 1.42. The Bertz CT molecular complexity index is 369. The first-order valence-corrected chi connectivity index (χ1v) is 6.28. The quantitative estimate of drug-likeness (QED) is 0.850. The van der Waals surface area contributed by atoms with Crippen LogP contribution in [0.5, 0.6) is 5.75 Å². The Labute approximate surface area is 105 Å². The highest BCUT2D eigenvalue weighted by Gasteiger charge is 2.13. The van der Waals surface area contributed by atoms with E-state index in [2.05, 4.69) is 26.0 Å². The zero-order chi connectivity index (χ0) is 13.0. The first kappa shape index (κ1) is 14.0. The summed E-state index contributed by atoms with van der Waals surface area (Å²) >= 11 is 0. The number of aliphatic hydroxyl groups excluding tert-OH is 1. The second-order valence-corrected chi connectivity index (χ2v) is 5.05. The molecule has 0 saturated heterocycles. The van der Waals surface area contributed by atoms with Gasteiger partial charge in [-0.05, 0) is 49.3 Å². The van der Waals surface area contributed by atoms with Crippen LogP contribution >= 0.6 is 0 Å². The van der Waals surface area contributed by atoms with Crippen LogP contribution in [0.15, 0.2) is 12.1 Å². The number of benzene rings is 1. The predicted octanol–water partition coefficient (Wildman–Crippen LogP) is 3.26. The normalized spacial score (nSPS) is 12.9. The van der Waals surface area contributed by atoms with E-state index in [9.17, 15) is 5.11 Å². The summed E-state index contributed by atoms with van der Waals surface area (Å²) in [7, 11) is 1.71. The molecule has 2 nitrogen and oxygen atoms in total. The standard InChI is InChI=1S/C15H24O2/c1-10(2)14(16)9-8-13-7-6-11(3)12(4)15(13)17-5/h6-7,10,14,16H,8-9H2,1-5H3. The summed E-state index contributed by atoms with van der Waals surface area (Å²) in [5, 5.41) is 9.83. The molecule has 0 bridgehead atoms. The van der Waals surface area contributed by atoms with E-state index in [1.807, 2.05) is 13.8 Å². The number of hydrogen-bond acceptors (Lipinski definition) is 2. The lowest BCUT2D eigenvalue weighted by Gasteiger charge is -2.17. The minimum absolute atomic E-state index is 0.235. The number of aryl methyl sites for hydroxylation is 2. The van der Waals surface area contributed by atoms with Gasteiger partial charge in [-0.25, -0.2) is 0 Å². The highest BCUT2D eigenvalue weighted by Crippen LogP contribution is 2.27. The van der Waals surface area contributed by atoms with Crippen molar-refractivity contribution in [3.63, 3.8) is 0 Å². The minimum atomic E-state index is -0.235. The van der Waals surface area contributed by atoms with E-state index in [0.29, 0.717) is 5.92 Å². The predicted molar refractivity (Wildman–Crippen MR) is 71.6 cm³/mol. The van der Waals surface area contributed by atoms with Gasteiger partial charge in [0, 0.05) is 0 Å². The molecule has 1 rings (SSSR count). The third kappa shape index (κ3) is 3.47. The minimum Gasteiger partial charge on any atom is -0.496 e. The van der Waals surface area contributed by atoms with Crippen LogP contribution in [0.1, 0.15) is 37.0 Å². The number of rotatable bonds is 5. The summed E-state index contributed by atoms with van der Waals surface area (Å²) in [4.78, 5) is 0. The molecule has 0 amide bonds. The molecule has 96 valence electrons. The Morgan fingerprint density at radius 1 is 1.24 bits per heavy atom. The van der Waals surface area contributed by atoms with Crippen LogP contribution in [0.25, 0.3) is 0 Å². The maximum absolute atomic E-state index is 9.83. The zero-order valence-corrected chi connectivity index (χ0v) is 11.6. The number of methoxy groups -OCH3 is 1. The van der Waals surface area contributed by atoms with Crippen LogP contribution in [0, 0.1) is 19.8 Å². The Kier molecular flexibility index (Phi) is 5.01. The van der Waals surface area contributed by atoms with Gasteiger partial charge in [-0.15, -0.1) is 0 Å². The monoisotopic (exact) mass is 236 g/mol. The van der Waals surface area contributed by atoms with Crippen molar-refractivity contribution in [2.75, 3.05) is 7.11 Å². The van der Waals surface area contributed by atoms with E-state index in [-0.39, 0.29) is 6.10 Å². The summed E-state index contributed by atoms with van der Waals surface area (Å²) in [5.41, 5.74) is 3.63. The van der Waals surface area contributed by atoms with Crippen molar-refractivity contribution in [2.24, 2.45) is 5.92 Å². The molecule has 1 N–H and O–H groups in total. The molecular formula is C15H24O2. The lowest BCUT2D eigenvalue weighted by Crippen LogP contribution is -2.15. The smallest absolute Gasteiger partial charge is 0.125 e. The average molecular weight is 236 g/mol. The van der Waals surface area contributed by atoms with Crippen LogP contribution in [0.4, 0.5) is 0 Å². The fraction of sp³-hybridized carbons (Fsp3) is 0.600. The fourth-order valence-corrected chi connectivity index (χ4v) is 1.96. The molecule has 0 saturated carbocycles. The topological polar surface area (TPSA) is 29.5 Å². The van der Waals surface area contributed by atoms with Crippen molar-refractivity contribution in [1.29, 1.82) is 0 Å². The molecule has 0 spiro atoms. The molecular weight excluding hydrogens is 212 g/mol. The zero-order valence-electron chi connectivity index (χ0n) is 11.6. The molecule has 0 radical (unpaired) electrons. The summed E-state index contributed by atoms with van der Waals surface area (Å²) in [6, 6.07) is 4.23. The van der Waals surface area contributed by atoms with Crippen LogP contribution in [-0.2, 0) is 6.42 Å². The Balaban J connectivity index is 2.81. The molecule has 0 heterocycles. The van der Waals surface area contributed by atoms with E-state index < -0.39 is 0 Å². The first-order chi connectivity index (χ1) is 7.97. The van der Waals surface area contributed by atoms with Crippen molar-refractivity contribution in [1.82, 2.24) is 0 Å². The average Bonchev–Trinajstić information content (AvgIpc) is 2.30. The number of aliphatic hydroxyl groups is 1. The number of hydrogen-bond donors (Lipinski definition) is 1. The van der Waals surface area contributed by atoms with Crippen LogP contribution < -0.4 is 4.74 Å². The molecule has 1 aromatic carbocycles. The van der Waals surface area contributed by atoms with Gasteiger partial charge in [0.15, 0.2) is 0 Å². The molecule has 1 atom stereocenters. The van der Waals surface area contributed by atoms with E-state index in [1.54, 1.807) is 7.11 Å². The van der Waals surface area contributed by atoms with Gasteiger partial charge >= 0.3 is 0 Å². The van der Waals surface area contributed by atoms with Gasteiger partial charge in [0.05, 0.1) is 13.2 Å². The van der Waals surface area contributed by atoms with Gasteiger partial charge < -0.3 is 9.84 Å². The molecule has 0 fully saturated rings. The van der Waals surface area contributed by atoms with Gasteiger partial charge in [-0.3, -0.25) is 0 Å². The van der Waals surface area contributed by atoms with Gasteiger partial charge in [-0.2, -0.15) is 0 Å². The third-order valence-electron chi connectivity index (χ3n) is 3.44. The van der Waals surface area contributed by atoms with Crippen LogP contribution in [-0.4, -0.2) is 18.3 Å². The van der Waals surface area contributed by atoms with E-state index in [4.69, 9.17) is 4.74 Å². The molecule has 1 unspecified atom stereocenters. The maximum Gasteiger partial charge on any atom is 0.125 e. The van der Waals surface area contributed by atoms with Gasteiger partial charge in [0.1, 0.15) is 5.75 Å². The van der Waals surface area contributed by atoms with Crippen molar-refractivity contribution in [3.8, 4) is 5.75 Å². The lowest BCUT2D eigenvalue weighted by atomic mass is 9.96. The molecule has 0 aliphatic heterocycles. The molecule has 1 aromatic rings. The van der Waals surface area contributed by atoms with E-state index in [1.165, 1.54) is 16.7 Å². The summed E-state index contributed by atoms with van der Waals surface area (Å²) < 4.78 is 5.47. The Morgan fingerprint density at radius 3 is 2.41 bits per heavy atom. The molecule has 2 heteroatoms. The van der Waals surface area contributed by atoms with Crippen LogP contribution in [0.2, 0.25) is 0 Å². The van der Waals surface area contributed by atoms with E-state index >= 15 is 0 Å². The van der Waals surface area contributed by atoms with Crippen molar-refractivity contribution in [3.05, 3.63) is 28.8 Å². The maximum atomic E-state index is 9.83. The highest BCUT2D eigenvalue weighted by molar-refractivity contribution is 5.45. The first-order valence-electron chi connectivity index (χ1n) is 6.28. The Hall–Kier alpha value is -1.02. The lowest BCUT2D eigenvalue weighted by molar-refractivity contribution is 0.116. The fourth-order valence-electron chi connectivity index (χ4n) is 1.96. The van der Waals surface area contributed by atoms with Crippen molar-refractivity contribution >= 4 is 0 Å². The molecule has 0 aromatic heterocycles. The summed E-state index contributed by atoms with van der Waals surface area (Å²) in [5.74, 6) is 1.29. The van der Waals surface area contributed by atoms with Crippen molar-refractivity contribution < 1.29 is 9.84 Å². The molecule has 0 aliphatic rings. The van der Waals surface area contributed by atoms with Crippen LogP contribution in [0.3, 0.4) is 0 Å². The number of ether oxygens (including phenoxy) is 1. The largest absolute Gasteiger partial charge is 0.496 e. The third-order valence-corrected chi connectivity index (χ3v) is 3.44. The molecule has 0 aliphatic carbocycles.